The number of carbonyl (C=O) groups is 1. The van der Waals surface area contributed by atoms with Gasteiger partial charge in [-0.25, -0.2) is 0 Å². The predicted molar refractivity (Wildman–Crippen MR) is 122 cm³/mol. The van der Waals surface area contributed by atoms with Crippen LogP contribution in [-0.4, -0.2) is 73.9 Å². The number of carbonyl (C=O) groups excluding carboxylic acids is 1. The molecule has 0 aliphatic carbocycles. The molecule has 1 aromatic carbocycles. The van der Waals surface area contributed by atoms with Gasteiger partial charge in [0.1, 0.15) is 0 Å². The number of halogens is 1. The van der Waals surface area contributed by atoms with Gasteiger partial charge in [0.15, 0.2) is 0 Å². The highest BCUT2D eigenvalue weighted by Crippen LogP contribution is 2.38. The highest BCUT2D eigenvalue weighted by molar-refractivity contribution is 9.10. The van der Waals surface area contributed by atoms with Crippen LogP contribution in [0.1, 0.15) is 45.1 Å². The van der Waals surface area contributed by atoms with Crippen molar-refractivity contribution >= 4 is 21.8 Å². The Morgan fingerprint density at radius 1 is 1.07 bits per heavy atom. The molecule has 5 nitrogen and oxygen atoms in total. The standard InChI is InChI=1S/C24H35BrN2O3/c1-18-15-26(16-19(2)30-18)17-20-7-11-27(12-8-20)23(28)24(9-13-29-14-10-24)21-3-5-22(25)6-4-21/h3-6,18-20H,7-17H2,1-2H3. The number of morpholine rings is 1. The van der Waals surface area contributed by atoms with Crippen molar-refractivity contribution in [3.63, 3.8) is 0 Å². The van der Waals surface area contributed by atoms with E-state index in [0.717, 1.165) is 68.4 Å². The molecule has 166 valence electrons. The summed E-state index contributed by atoms with van der Waals surface area (Å²) in [6.07, 6.45) is 4.37. The van der Waals surface area contributed by atoms with Crippen molar-refractivity contribution in [2.24, 2.45) is 5.92 Å². The van der Waals surface area contributed by atoms with E-state index in [1.807, 2.05) is 0 Å². The predicted octanol–water partition coefficient (Wildman–Crippen LogP) is 3.85. The van der Waals surface area contributed by atoms with Crippen LogP contribution in [0.3, 0.4) is 0 Å². The smallest absolute Gasteiger partial charge is 0.233 e. The zero-order valence-corrected chi connectivity index (χ0v) is 19.9. The van der Waals surface area contributed by atoms with Gasteiger partial charge in [0.2, 0.25) is 5.91 Å². The van der Waals surface area contributed by atoms with Crippen molar-refractivity contribution in [3.8, 4) is 0 Å². The van der Waals surface area contributed by atoms with Crippen molar-refractivity contribution in [2.45, 2.75) is 57.2 Å². The minimum Gasteiger partial charge on any atom is -0.381 e. The van der Waals surface area contributed by atoms with Crippen LogP contribution >= 0.6 is 15.9 Å². The molecule has 1 amide bonds. The number of piperidine rings is 1. The summed E-state index contributed by atoms with van der Waals surface area (Å²) in [5.74, 6) is 0.977. The monoisotopic (exact) mass is 478 g/mol. The van der Waals surface area contributed by atoms with Crippen molar-refractivity contribution in [3.05, 3.63) is 34.3 Å². The van der Waals surface area contributed by atoms with Crippen molar-refractivity contribution in [1.29, 1.82) is 0 Å². The van der Waals surface area contributed by atoms with Gasteiger partial charge in [0, 0.05) is 50.4 Å². The molecular formula is C24H35BrN2O3. The summed E-state index contributed by atoms with van der Waals surface area (Å²) >= 11 is 3.52. The SMILES string of the molecule is CC1CN(CC2CCN(C(=O)C3(c4ccc(Br)cc4)CCOCC3)CC2)CC(C)O1. The fourth-order valence-corrected chi connectivity index (χ4v) is 5.80. The van der Waals surface area contributed by atoms with Gasteiger partial charge in [-0.1, -0.05) is 28.1 Å². The average molecular weight is 479 g/mol. The molecule has 0 aromatic heterocycles. The third-order valence-corrected chi connectivity index (χ3v) is 7.59. The van der Waals surface area contributed by atoms with Gasteiger partial charge in [-0.15, -0.1) is 0 Å². The van der Waals surface area contributed by atoms with E-state index in [1.54, 1.807) is 0 Å². The van der Waals surface area contributed by atoms with Crippen molar-refractivity contribution in [1.82, 2.24) is 9.80 Å². The molecule has 1 aromatic rings. The molecule has 0 N–H and O–H groups in total. The summed E-state index contributed by atoms with van der Waals surface area (Å²) in [4.78, 5) is 18.5. The zero-order chi connectivity index (χ0) is 21.1. The first-order chi connectivity index (χ1) is 14.5. The Bertz CT molecular complexity index is 702. The van der Waals surface area contributed by atoms with Crippen molar-refractivity contribution in [2.75, 3.05) is 45.9 Å². The molecule has 0 radical (unpaired) electrons. The van der Waals surface area contributed by atoms with E-state index in [-0.39, 0.29) is 0 Å². The first-order valence-electron chi connectivity index (χ1n) is 11.5. The number of hydrogen-bond acceptors (Lipinski definition) is 4. The van der Waals surface area contributed by atoms with Crippen LogP contribution in [0.25, 0.3) is 0 Å². The summed E-state index contributed by atoms with van der Waals surface area (Å²) in [6.45, 7) is 10.6. The number of hydrogen-bond donors (Lipinski definition) is 0. The quantitative estimate of drug-likeness (QED) is 0.658. The maximum Gasteiger partial charge on any atom is 0.233 e. The lowest BCUT2D eigenvalue weighted by Crippen LogP contribution is -2.53. The Morgan fingerprint density at radius 2 is 1.67 bits per heavy atom. The summed E-state index contributed by atoms with van der Waals surface area (Å²) in [7, 11) is 0. The molecule has 30 heavy (non-hydrogen) atoms. The zero-order valence-electron chi connectivity index (χ0n) is 18.3. The lowest BCUT2D eigenvalue weighted by molar-refractivity contribution is -0.143. The van der Waals surface area contributed by atoms with Crippen LogP contribution in [0, 0.1) is 5.92 Å². The van der Waals surface area contributed by atoms with Gasteiger partial charge in [-0.3, -0.25) is 9.69 Å². The number of likely N-dealkylation sites (tertiary alicyclic amines) is 1. The first-order valence-corrected chi connectivity index (χ1v) is 12.3. The second kappa shape index (κ2) is 9.68. The fourth-order valence-electron chi connectivity index (χ4n) is 5.53. The normalized spacial score (nSPS) is 28.4. The van der Waals surface area contributed by atoms with E-state index in [4.69, 9.17) is 9.47 Å². The Kier molecular flexibility index (Phi) is 7.18. The molecule has 3 fully saturated rings. The first kappa shape index (κ1) is 22.3. The minimum atomic E-state index is -0.430. The van der Waals surface area contributed by atoms with Crippen LogP contribution in [-0.2, 0) is 19.7 Å². The topological polar surface area (TPSA) is 42.0 Å². The van der Waals surface area contributed by atoms with Gasteiger partial charge in [-0.2, -0.15) is 0 Å². The van der Waals surface area contributed by atoms with E-state index in [2.05, 4.69) is 63.8 Å². The third-order valence-electron chi connectivity index (χ3n) is 7.07. The Morgan fingerprint density at radius 3 is 2.27 bits per heavy atom. The average Bonchev–Trinajstić information content (AvgIpc) is 2.74. The largest absolute Gasteiger partial charge is 0.381 e. The van der Waals surface area contributed by atoms with E-state index in [0.29, 0.717) is 37.2 Å². The Hall–Kier alpha value is -0.950. The molecule has 0 saturated carbocycles. The van der Waals surface area contributed by atoms with E-state index >= 15 is 0 Å². The highest BCUT2D eigenvalue weighted by atomic mass is 79.9. The van der Waals surface area contributed by atoms with Gasteiger partial charge in [0.25, 0.3) is 0 Å². The Labute approximate surface area is 189 Å². The van der Waals surface area contributed by atoms with Gasteiger partial charge in [-0.05, 0) is 63.1 Å². The third kappa shape index (κ3) is 4.93. The van der Waals surface area contributed by atoms with E-state index in [9.17, 15) is 4.79 Å². The second-order valence-electron chi connectivity index (χ2n) is 9.41. The number of rotatable bonds is 4. The number of ether oxygens (including phenoxy) is 2. The highest BCUT2D eigenvalue weighted by Gasteiger charge is 2.44. The molecule has 0 spiro atoms. The van der Waals surface area contributed by atoms with E-state index < -0.39 is 5.41 Å². The summed E-state index contributed by atoms with van der Waals surface area (Å²) < 4.78 is 12.6. The maximum absolute atomic E-state index is 13.8. The molecule has 4 rings (SSSR count). The molecule has 6 heteroatoms. The number of nitrogens with zero attached hydrogens (tertiary/aromatic N) is 2. The van der Waals surface area contributed by atoms with Gasteiger partial charge < -0.3 is 14.4 Å². The molecule has 3 heterocycles. The molecule has 2 atom stereocenters. The molecule has 2 unspecified atom stereocenters. The van der Waals surface area contributed by atoms with E-state index in [1.165, 1.54) is 0 Å². The second-order valence-corrected chi connectivity index (χ2v) is 10.3. The molecule has 3 aliphatic heterocycles. The molecule has 3 aliphatic rings. The lowest BCUT2D eigenvalue weighted by Gasteiger charge is -2.43. The fraction of sp³-hybridized carbons (Fsp3) is 0.708. The van der Waals surface area contributed by atoms with Crippen molar-refractivity contribution < 1.29 is 14.3 Å². The number of benzene rings is 1. The Balaban J connectivity index is 1.39. The van der Waals surface area contributed by atoms with Crippen LogP contribution < -0.4 is 0 Å². The van der Waals surface area contributed by atoms with Gasteiger partial charge >= 0.3 is 0 Å². The van der Waals surface area contributed by atoms with Gasteiger partial charge in [0.05, 0.1) is 17.6 Å². The lowest BCUT2D eigenvalue weighted by atomic mass is 9.72. The maximum atomic E-state index is 13.8. The van der Waals surface area contributed by atoms with Crippen LogP contribution in [0.5, 0.6) is 0 Å². The number of amides is 1. The van der Waals surface area contributed by atoms with Crippen LogP contribution in [0.2, 0.25) is 0 Å². The summed E-state index contributed by atoms with van der Waals surface area (Å²) in [5.41, 5.74) is 0.707. The minimum absolute atomic E-state index is 0.306. The molecule has 0 bridgehead atoms. The summed E-state index contributed by atoms with van der Waals surface area (Å²) in [6, 6.07) is 8.33. The summed E-state index contributed by atoms with van der Waals surface area (Å²) in [5, 5.41) is 0. The van der Waals surface area contributed by atoms with Crippen LogP contribution in [0.15, 0.2) is 28.7 Å². The molecular weight excluding hydrogens is 444 g/mol. The molecule has 3 saturated heterocycles. The van der Waals surface area contributed by atoms with Crippen LogP contribution in [0.4, 0.5) is 0 Å².